The summed E-state index contributed by atoms with van der Waals surface area (Å²) in [6, 6.07) is 7.21. The van der Waals surface area contributed by atoms with Crippen molar-refractivity contribution >= 4 is 21.8 Å². The van der Waals surface area contributed by atoms with Crippen LogP contribution < -0.4 is 4.74 Å². The van der Waals surface area contributed by atoms with Crippen molar-refractivity contribution in [2.45, 2.75) is 47.9 Å². The molecule has 2 atom stereocenters. The number of thioether (sulfide) groups is 1. The minimum atomic E-state index is -3.47. The van der Waals surface area contributed by atoms with Crippen LogP contribution in [0.4, 0.5) is 0 Å². The highest BCUT2D eigenvalue weighted by Gasteiger charge is 2.47. The highest BCUT2D eigenvalue weighted by Crippen LogP contribution is 2.43. The van der Waals surface area contributed by atoms with E-state index < -0.39 is 10.0 Å². The molecule has 2 aliphatic heterocycles. The third kappa shape index (κ3) is 2.58. The van der Waals surface area contributed by atoms with Gasteiger partial charge in [-0.05, 0) is 44.1 Å². The van der Waals surface area contributed by atoms with E-state index in [1.165, 1.54) is 7.11 Å². The maximum atomic E-state index is 13.1. The van der Waals surface area contributed by atoms with E-state index in [0.29, 0.717) is 15.9 Å². The number of hydrogen-bond acceptors (Lipinski definition) is 4. The molecule has 1 aromatic carbocycles. The van der Waals surface area contributed by atoms with E-state index in [1.54, 1.807) is 28.6 Å². The standard InChI is InChI=1S/C15H21NO3S2/c1-19-14-5-3-4-6-15(14)21(17,18)16-11-7-8-12(16)10-13(9-11)20-2/h3-6,11-13H,7-10H2,1-2H3. The molecule has 0 N–H and O–H groups in total. The van der Waals surface area contributed by atoms with Crippen LogP contribution in [0.5, 0.6) is 5.75 Å². The third-order valence-corrected chi connectivity index (χ3v) is 7.68. The molecule has 0 radical (unpaired) electrons. The normalized spacial score (nSPS) is 29.5. The van der Waals surface area contributed by atoms with Gasteiger partial charge in [-0.15, -0.1) is 0 Å². The summed E-state index contributed by atoms with van der Waals surface area (Å²) < 4.78 is 33.1. The highest BCUT2D eigenvalue weighted by molar-refractivity contribution is 7.99. The molecule has 3 rings (SSSR count). The van der Waals surface area contributed by atoms with Crippen LogP contribution in [0.3, 0.4) is 0 Å². The molecule has 1 aromatic rings. The molecule has 0 aromatic heterocycles. The van der Waals surface area contributed by atoms with Gasteiger partial charge in [-0.1, -0.05) is 12.1 Å². The fraction of sp³-hybridized carbons (Fsp3) is 0.600. The second-order valence-electron chi connectivity index (χ2n) is 5.70. The molecule has 0 spiro atoms. The minimum Gasteiger partial charge on any atom is -0.495 e. The molecule has 2 bridgehead atoms. The molecule has 4 nitrogen and oxygen atoms in total. The van der Waals surface area contributed by atoms with Gasteiger partial charge in [-0.2, -0.15) is 16.1 Å². The first-order valence-electron chi connectivity index (χ1n) is 7.27. The molecule has 21 heavy (non-hydrogen) atoms. The Kier molecular flexibility index (Phi) is 4.21. The first kappa shape index (κ1) is 15.2. The van der Waals surface area contributed by atoms with Gasteiger partial charge in [0.1, 0.15) is 10.6 Å². The van der Waals surface area contributed by atoms with Crippen LogP contribution in [0.15, 0.2) is 29.2 Å². The van der Waals surface area contributed by atoms with Crippen molar-refractivity contribution < 1.29 is 13.2 Å². The van der Waals surface area contributed by atoms with Crippen LogP contribution in [-0.4, -0.2) is 43.4 Å². The number of nitrogens with zero attached hydrogens (tertiary/aromatic N) is 1. The second-order valence-corrected chi connectivity index (χ2v) is 8.65. The summed E-state index contributed by atoms with van der Waals surface area (Å²) in [5.41, 5.74) is 0. The first-order valence-corrected chi connectivity index (χ1v) is 10.00. The average molecular weight is 327 g/mol. The maximum Gasteiger partial charge on any atom is 0.247 e. The van der Waals surface area contributed by atoms with Crippen LogP contribution in [-0.2, 0) is 10.0 Å². The number of ether oxygens (including phenoxy) is 1. The van der Waals surface area contributed by atoms with E-state index >= 15 is 0 Å². The van der Waals surface area contributed by atoms with Crippen LogP contribution in [0.25, 0.3) is 0 Å². The van der Waals surface area contributed by atoms with E-state index in [9.17, 15) is 8.42 Å². The van der Waals surface area contributed by atoms with Crippen molar-refractivity contribution in [3.05, 3.63) is 24.3 Å². The molecule has 0 saturated carbocycles. The number of benzene rings is 1. The lowest BCUT2D eigenvalue weighted by atomic mass is 10.1. The van der Waals surface area contributed by atoms with Gasteiger partial charge >= 0.3 is 0 Å². The molecule has 2 fully saturated rings. The number of rotatable bonds is 4. The van der Waals surface area contributed by atoms with Crippen molar-refractivity contribution in [3.63, 3.8) is 0 Å². The molecule has 2 unspecified atom stereocenters. The van der Waals surface area contributed by atoms with Crippen molar-refractivity contribution in [3.8, 4) is 5.75 Å². The molecule has 2 aliphatic rings. The number of piperidine rings is 1. The van der Waals surface area contributed by atoms with Crippen molar-refractivity contribution in [1.29, 1.82) is 0 Å². The molecular formula is C15H21NO3S2. The molecule has 2 heterocycles. The Labute approximate surface area is 130 Å². The van der Waals surface area contributed by atoms with Gasteiger partial charge in [-0.25, -0.2) is 8.42 Å². The third-order valence-electron chi connectivity index (χ3n) is 4.58. The lowest BCUT2D eigenvalue weighted by molar-refractivity contribution is 0.252. The lowest BCUT2D eigenvalue weighted by Gasteiger charge is -2.37. The summed E-state index contributed by atoms with van der Waals surface area (Å²) in [6.45, 7) is 0. The van der Waals surface area contributed by atoms with Crippen LogP contribution in [0.1, 0.15) is 25.7 Å². The largest absolute Gasteiger partial charge is 0.495 e. The fourth-order valence-corrected chi connectivity index (χ4v) is 6.49. The van der Waals surface area contributed by atoms with Crippen molar-refractivity contribution in [2.24, 2.45) is 0 Å². The summed E-state index contributed by atoms with van der Waals surface area (Å²) in [5.74, 6) is 0.434. The summed E-state index contributed by atoms with van der Waals surface area (Å²) >= 11 is 1.86. The summed E-state index contributed by atoms with van der Waals surface area (Å²) in [7, 11) is -1.96. The van der Waals surface area contributed by atoms with E-state index in [1.807, 2.05) is 11.8 Å². The van der Waals surface area contributed by atoms with Crippen LogP contribution in [0.2, 0.25) is 0 Å². The quantitative estimate of drug-likeness (QED) is 0.853. The van der Waals surface area contributed by atoms with Gasteiger partial charge in [0.25, 0.3) is 0 Å². The summed E-state index contributed by atoms with van der Waals surface area (Å²) in [4.78, 5) is 0.298. The van der Waals surface area contributed by atoms with E-state index in [4.69, 9.17) is 4.74 Å². The topological polar surface area (TPSA) is 46.6 Å². The predicted molar refractivity (Wildman–Crippen MR) is 85.4 cm³/mol. The minimum absolute atomic E-state index is 0.149. The molecule has 0 amide bonds. The van der Waals surface area contributed by atoms with Crippen LogP contribution in [0, 0.1) is 0 Å². The molecular weight excluding hydrogens is 306 g/mol. The number of para-hydroxylation sites is 1. The maximum absolute atomic E-state index is 13.1. The Balaban J connectivity index is 1.96. The van der Waals surface area contributed by atoms with Gasteiger partial charge in [0.05, 0.1) is 7.11 Å². The Morgan fingerprint density at radius 1 is 1.19 bits per heavy atom. The lowest BCUT2D eigenvalue weighted by Crippen LogP contribution is -2.47. The van der Waals surface area contributed by atoms with Crippen molar-refractivity contribution in [1.82, 2.24) is 4.31 Å². The smallest absolute Gasteiger partial charge is 0.247 e. The average Bonchev–Trinajstić information content (AvgIpc) is 2.79. The van der Waals surface area contributed by atoms with E-state index in [2.05, 4.69) is 6.26 Å². The zero-order valence-corrected chi connectivity index (χ0v) is 14.0. The Morgan fingerprint density at radius 2 is 1.81 bits per heavy atom. The second kappa shape index (κ2) is 5.82. The van der Waals surface area contributed by atoms with Gasteiger partial charge in [0.15, 0.2) is 0 Å². The number of fused-ring (bicyclic) bond motifs is 2. The molecule has 0 aliphatic carbocycles. The summed E-state index contributed by atoms with van der Waals surface area (Å²) in [5, 5.41) is 0.589. The fourth-order valence-electron chi connectivity index (χ4n) is 3.61. The van der Waals surface area contributed by atoms with Gasteiger partial charge in [0, 0.05) is 17.3 Å². The van der Waals surface area contributed by atoms with E-state index in [-0.39, 0.29) is 12.1 Å². The Morgan fingerprint density at radius 3 is 2.38 bits per heavy atom. The number of hydrogen-bond donors (Lipinski definition) is 0. The van der Waals surface area contributed by atoms with Gasteiger partial charge in [-0.3, -0.25) is 0 Å². The monoisotopic (exact) mass is 327 g/mol. The zero-order valence-electron chi connectivity index (χ0n) is 12.4. The molecule has 6 heteroatoms. The molecule has 2 saturated heterocycles. The summed E-state index contributed by atoms with van der Waals surface area (Å²) in [6.07, 6.45) is 6.01. The first-order chi connectivity index (χ1) is 10.1. The zero-order chi connectivity index (χ0) is 15.0. The number of methoxy groups -OCH3 is 1. The van der Waals surface area contributed by atoms with Gasteiger partial charge < -0.3 is 4.74 Å². The Hall–Kier alpha value is -0.720. The Bertz CT molecular complexity index is 603. The number of sulfonamides is 1. The van der Waals surface area contributed by atoms with Gasteiger partial charge in [0.2, 0.25) is 10.0 Å². The van der Waals surface area contributed by atoms with Crippen molar-refractivity contribution in [2.75, 3.05) is 13.4 Å². The SMILES string of the molecule is COc1ccccc1S(=O)(=O)N1C2CCC1CC(SC)C2. The molecule has 116 valence electrons. The highest BCUT2D eigenvalue weighted by atomic mass is 32.2. The van der Waals surface area contributed by atoms with Crippen LogP contribution >= 0.6 is 11.8 Å². The van der Waals surface area contributed by atoms with E-state index in [0.717, 1.165) is 25.7 Å². The predicted octanol–water partition coefficient (Wildman–Crippen LogP) is 2.74.